The van der Waals surface area contributed by atoms with Crippen LogP contribution in [-0.4, -0.2) is 37.6 Å². The lowest BCUT2D eigenvalue weighted by Crippen LogP contribution is -2.15. The molecule has 0 saturated heterocycles. The molecule has 2 heterocycles. The smallest absolute Gasteiger partial charge is 0.213 e. The Morgan fingerprint density at radius 2 is 1.92 bits per heavy atom. The van der Waals surface area contributed by atoms with E-state index in [0.29, 0.717) is 5.88 Å². The average Bonchev–Trinajstić information content (AvgIpc) is 2.97. The van der Waals surface area contributed by atoms with Gasteiger partial charge in [-0.05, 0) is 43.6 Å². The van der Waals surface area contributed by atoms with Crippen molar-refractivity contribution in [2.24, 2.45) is 0 Å². The minimum Gasteiger partial charge on any atom is -0.481 e. The van der Waals surface area contributed by atoms with Crippen molar-refractivity contribution in [2.45, 2.75) is 19.3 Å². The van der Waals surface area contributed by atoms with E-state index >= 15 is 0 Å². The highest BCUT2D eigenvalue weighted by Crippen LogP contribution is 2.39. The van der Waals surface area contributed by atoms with Crippen molar-refractivity contribution in [3.05, 3.63) is 58.6 Å². The number of hydrogen-bond acceptors (Lipinski definition) is 4. The van der Waals surface area contributed by atoms with Crippen molar-refractivity contribution in [1.82, 2.24) is 9.88 Å². The van der Waals surface area contributed by atoms with Crippen LogP contribution in [0, 0.1) is 0 Å². The Kier molecular flexibility index (Phi) is 5.17. The Labute approximate surface area is 147 Å². The zero-order chi connectivity index (χ0) is 17.1. The third-order valence-corrected chi connectivity index (χ3v) is 5.57. The molecule has 1 atom stereocenters. The molecule has 3 rings (SSSR count). The highest BCUT2D eigenvalue weighted by molar-refractivity contribution is 7.19. The maximum Gasteiger partial charge on any atom is 0.213 e. The number of methoxy groups -OCH3 is 1. The molecule has 4 heteroatoms. The van der Waals surface area contributed by atoms with E-state index in [9.17, 15) is 0 Å². The summed E-state index contributed by atoms with van der Waals surface area (Å²) in [5.41, 5.74) is 2.47. The van der Waals surface area contributed by atoms with Crippen LogP contribution in [0.25, 0.3) is 10.1 Å². The molecular formula is C20H24N2OS. The van der Waals surface area contributed by atoms with Crippen LogP contribution in [-0.2, 0) is 6.42 Å². The monoisotopic (exact) mass is 340 g/mol. The summed E-state index contributed by atoms with van der Waals surface area (Å²) >= 11 is 1.91. The molecule has 0 aliphatic carbocycles. The molecule has 1 aromatic carbocycles. The number of thiophene rings is 1. The number of rotatable bonds is 6. The van der Waals surface area contributed by atoms with Crippen molar-refractivity contribution in [3.8, 4) is 5.88 Å². The summed E-state index contributed by atoms with van der Waals surface area (Å²) in [4.78, 5) is 8.36. The number of hydrogen-bond donors (Lipinski definition) is 0. The molecule has 126 valence electrons. The van der Waals surface area contributed by atoms with Crippen LogP contribution in [0.1, 0.15) is 29.0 Å². The molecule has 24 heavy (non-hydrogen) atoms. The number of likely N-dealkylation sites (N-methyl/N-ethyl adjacent to an activating group) is 1. The maximum absolute atomic E-state index is 5.30. The van der Waals surface area contributed by atoms with Gasteiger partial charge in [0.05, 0.1) is 12.8 Å². The fourth-order valence-electron chi connectivity index (χ4n) is 3.04. The van der Waals surface area contributed by atoms with Gasteiger partial charge in [-0.2, -0.15) is 0 Å². The number of ether oxygens (including phenoxy) is 1. The molecule has 0 radical (unpaired) electrons. The van der Waals surface area contributed by atoms with Crippen LogP contribution in [0.2, 0.25) is 0 Å². The Morgan fingerprint density at radius 3 is 2.67 bits per heavy atom. The van der Waals surface area contributed by atoms with E-state index in [1.165, 1.54) is 20.5 Å². The maximum atomic E-state index is 5.30. The van der Waals surface area contributed by atoms with Crippen molar-refractivity contribution in [1.29, 1.82) is 0 Å². The topological polar surface area (TPSA) is 25.4 Å². The zero-order valence-electron chi connectivity index (χ0n) is 14.7. The van der Waals surface area contributed by atoms with Gasteiger partial charge in [-0.25, -0.2) is 4.98 Å². The van der Waals surface area contributed by atoms with Crippen LogP contribution in [0.15, 0.2) is 42.5 Å². The van der Waals surface area contributed by atoms with Gasteiger partial charge >= 0.3 is 0 Å². The Hall–Kier alpha value is -1.91. The molecular weight excluding hydrogens is 316 g/mol. The predicted molar refractivity (Wildman–Crippen MR) is 102 cm³/mol. The largest absolute Gasteiger partial charge is 0.481 e. The highest BCUT2D eigenvalue weighted by Gasteiger charge is 2.20. The van der Waals surface area contributed by atoms with Gasteiger partial charge in [0.25, 0.3) is 0 Å². The summed E-state index contributed by atoms with van der Waals surface area (Å²) in [7, 11) is 5.92. The summed E-state index contributed by atoms with van der Waals surface area (Å²) in [5, 5.41) is 1.35. The highest BCUT2D eigenvalue weighted by atomic mass is 32.1. The molecule has 3 nitrogen and oxygen atoms in total. The van der Waals surface area contributed by atoms with Gasteiger partial charge in [0, 0.05) is 28.1 Å². The van der Waals surface area contributed by atoms with Crippen molar-refractivity contribution in [3.63, 3.8) is 0 Å². The van der Waals surface area contributed by atoms with E-state index in [4.69, 9.17) is 4.74 Å². The molecule has 3 aromatic rings. The summed E-state index contributed by atoms with van der Waals surface area (Å²) in [5.74, 6) is 0.919. The van der Waals surface area contributed by atoms with Crippen LogP contribution >= 0.6 is 11.3 Å². The van der Waals surface area contributed by atoms with Crippen molar-refractivity contribution in [2.75, 3.05) is 27.7 Å². The van der Waals surface area contributed by atoms with E-state index in [0.717, 1.165) is 18.7 Å². The van der Waals surface area contributed by atoms with Gasteiger partial charge in [0.1, 0.15) is 0 Å². The summed E-state index contributed by atoms with van der Waals surface area (Å²) in [6.45, 7) is 3.30. The molecule has 0 bridgehead atoms. The Morgan fingerprint density at radius 1 is 1.12 bits per heavy atom. The van der Waals surface area contributed by atoms with E-state index < -0.39 is 0 Å². The lowest BCUT2D eigenvalue weighted by molar-refractivity contribution is 0.396. The molecule has 0 aliphatic heterocycles. The van der Waals surface area contributed by atoms with Crippen molar-refractivity contribution < 1.29 is 4.74 Å². The molecule has 0 saturated carbocycles. The molecule has 0 amide bonds. The summed E-state index contributed by atoms with van der Waals surface area (Å²) in [6.07, 6.45) is 1.07. The minimum atomic E-state index is 0.244. The van der Waals surface area contributed by atoms with Gasteiger partial charge in [0.2, 0.25) is 5.88 Å². The first kappa shape index (κ1) is 16.9. The van der Waals surface area contributed by atoms with Gasteiger partial charge < -0.3 is 9.64 Å². The lowest BCUT2D eigenvalue weighted by atomic mass is 9.93. The standard InChI is InChI=1S/C20H24N2OS/c1-14(16-9-7-11-19(21-16)23-4)20-15-8-5-6-10-17(15)24-18(20)12-13-22(2)3/h5-11,14H,12-13H2,1-4H3. The molecule has 0 aliphatic rings. The van der Waals surface area contributed by atoms with Crippen LogP contribution < -0.4 is 4.74 Å². The van der Waals surface area contributed by atoms with Gasteiger partial charge in [-0.15, -0.1) is 11.3 Å². The number of pyridine rings is 1. The summed E-state index contributed by atoms with van der Waals surface area (Å²) in [6, 6.07) is 14.7. The van der Waals surface area contributed by atoms with Crippen LogP contribution in [0.4, 0.5) is 0 Å². The second-order valence-corrected chi connectivity index (χ2v) is 7.45. The third kappa shape index (κ3) is 3.45. The minimum absolute atomic E-state index is 0.244. The van der Waals surface area contributed by atoms with Crippen LogP contribution in [0.5, 0.6) is 5.88 Å². The predicted octanol–water partition coefficient (Wildman–Crippen LogP) is 4.56. The zero-order valence-corrected chi connectivity index (χ0v) is 15.6. The van der Waals surface area contributed by atoms with Crippen molar-refractivity contribution >= 4 is 21.4 Å². The lowest BCUT2D eigenvalue weighted by Gasteiger charge is -2.15. The third-order valence-electron chi connectivity index (χ3n) is 4.33. The van der Waals surface area contributed by atoms with Gasteiger partial charge in [0.15, 0.2) is 0 Å². The number of aromatic nitrogens is 1. The fourth-order valence-corrected chi connectivity index (χ4v) is 4.33. The molecule has 0 N–H and O–H groups in total. The first-order chi connectivity index (χ1) is 11.6. The van der Waals surface area contributed by atoms with E-state index in [1.807, 2.05) is 23.5 Å². The van der Waals surface area contributed by atoms with E-state index in [2.05, 4.69) is 61.2 Å². The van der Waals surface area contributed by atoms with Gasteiger partial charge in [-0.1, -0.05) is 31.2 Å². The quantitative estimate of drug-likeness (QED) is 0.658. The number of fused-ring (bicyclic) bond motifs is 1. The van der Waals surface area contributed by atoms with Gasteiger partial charge in [-0.3, -0.25) is 0 Å². The number of nitrogens with zero attached hydrogens (tertiary/aromatic N) is 2. The normalized spacial score (nSPS) is 12.7. The molecule has 1 unspecified atom stereocenters. The fraction of sp³-hybridized carbons (Fsp3) is 0.350. The SMILES string of the molecule is COc1cccc(C(C)c2c(CCN(C)C)sc3ccccc23)n1. The van der Waals surface area contributed by atoms with Crippen LogP contribution in [0.3, 0.4) is 0 Å². The molecule has 0 spiro atoms. The molecule has 0 fully saturated rings. The first-order valence-electron chi connectivity index (χ1n) is 8.26. The van der Waals surface area contributed by atoms with E-state index in [1.54, 1.807) is 7.11 Å². The average molecular weight is 340 g/mol. The number of benzene rings is 1. The molecule has 2 aromatic heterocycles. The first-order valence-corrected chi connectivity index (χ1v) is 9.07. The van der Waals surface area contributed by atoms with E-state index in [-0.39, 0.29) is 5.92 Å². The second-order valence-electron chi connectivity index (χ2n) is 6.31. The second kappa shape index (κ2) is 7.32. The summed E-state index contributed by atoms with van der Waals surface area (Å²) < 4.78 is 6.66. The Bertz CT molecular complexity index is 825. The Balaban J connectivity index is 2.06.